The number of hydrogen-bond acceptors (Lipinski definition) is 0. The number of benzene rings is 6. The molecular formula is C48H26B2F20N2. The average Bonchev–Trinajstić information content (AvgIpc) is 3.35. The molecule has 2 atom stereocenters. The summed E-state index contributed by atoms with van der Waals surface area (Å²) in [4.78, 5) is 0. The maximum atomic E-state index is 17.0. The molecule has 0 bridgehead atoms. The van der Waals surface area contributed by atoms with Crippen LogP contribution in [0.3, 0.4) is 0 Å². The van der Waals surface area contributed by atoms with Crippen molar-refractivity contribution in [1.29, 1.82) is 0 Å². The number of halogens is 20. The van der Waals surface area contributed by atoms with Gasteiger partial charge in [-0.25, -0.2) is 87.8 Å². The van der Waals surface area contributed by atoms with Crippen LogP contribution in [-0.2, 0) is 0 Å². The molecule has 0 aliphatic carbocycles. The summed E-state index contributed by atoms with van der Waals surface area (Å²) in [6, 6.07) is 8.58. The average molecular weight is 1030 g/mol. The molecule has 6 aromatic carbocycles. The van der Waals surface area contributed by atoms with Crippen LogP contribution in [0.2, 0.25) is 0 Å². The van der Waals surface area contributed by atoms with Gasteiger partial charge in [0.25, 0.3) is 0 Å². The molecule has 0 radical (unpaired) electrons. The van der Waals surface area contributed by atoms with Crippen molar-refractivity contribution in [3.8, 4) is 22.5 Å². The molecule has 0 fully saturated rings. The zero-order chi connectivity index (χ0) is 52.9. The number of rotatable bonds is 6. The summed E-state index contributed by atoms with van der Waals surface area (Å²) in [7, 11) is 0. The number of nitrogens with zero attached hydrogens (tertiary/aromatic N) is 2. The molecule has 0 spiro atoms. The quantitative estimate of drug-likeness (QED) is 0.0679. The zero-order valence-corrected chi connectivity index (χ0v) is 36.7. The standard InChI is InChI=1S/C48H26B2F20N2/c1-15(2)23-19-11-7-5-9-17(19)21-14-72-22(13-71(21)49(23,25-29(51)37(59)45(67)38(60)30(25)52)26-31(53)39(61)46(68)40(62)32(26)54)18-10-6-8-12-20(18)24(16(3)4)50(72,27-33(55)41(63)47(69)42(64)34(27)56)28-35(57)43(65)48(70)44(66)36(28)58/h5-16,23-24H,1-4H3/t23-,24-/m0/s1. The molecule has 3 heterocycles. The van der Waals surface area contributed by atoms with Gasteiger partial charge in [0.15, 0.2) is 82.2 Å². The number of hydrogen-bond donors (Lipinski definition) is 0. The lowest BCUT2D eigenvalue weighted by atomic mass is 9.17. The van der Waals surface area contributed by atoms with Crippen LogP contribution in [0.4, 0.5) is 87.8 Å². The first-order valence-corrected chi connectivity index (χ1v) is 21.4. The Labute approximate surface area is 392 Å². The van der Waals surface area contributed by atoms with Crippen LogP contribution in [0.1, 0.15) is 50.5 Å². The number of fused-ring (bicyclic) bond motifs is 6. The topological polar surface area (TPSA) is 7.76 Å². The predicted molar refractivity (Wildman–Crippen MR) is 219 cm³/mol. The maximum Gasteiger partial charge on any atom is 0.352 e. The summed E-state index contributed by atoms with van der Waals surface area (Å²) in [6.07, 6.45) is -9.70. The van der Waals surface area contributed by atoms with Gasteiger partial charge in [0.2, 0.25) is 11.4 Å². The summed E-state index contributed by atoms with van der Waals surface area (Å²) < 4.78 is 324. The van der Waals surface area contributed by atoms with Gasteiger partial charge in [-0.1, -0.05) is 121 Å². The summed E-state index contributed by atoms with van der Waals surface area (Å²) in [6.45, 7) is 4.55. The molecule has 24 heteroatoms. The van der Waals surface area contributed by atoms with E-state index in [1.54, 1.807) is 0 Å². The third kappa shape index (κ3) is 6.15. The fourth-order valence-electron chi connectivity index (χ4n) is 12.0. The van der Waals surface area contributed by atoms with Gasteiger partial charge in [0.1, 0.15) is 46.5 Å². The van der Waals surface area contributed by atoms with Gasteiger partial charge in [-0.05, 0) is 12.1 Å². The van der Waals surface area contributed by atoms with Crippen molar-refractivity contribution >= 4 is 34.4 Å². The Kier molecular flexibility index (Phi) is 11.7. The molecule has 2 aliphatic rings. The fourth-order valence-corrected chi connectivity index (χ4v) is 12.0. The van der Waals surface area contributed by atoms with Crippen LogP contribution in [0.25, 0.3) is 22.5 Å². The minimum absolute atomic E-state index is 0.291. The number of aromatic nitrogens is 2. The van der Waals surface area contributed by atoms with Crippen molar-refractivity contribution in [1.82, 2.24) is 0 Å². The van der Waals surface area contributed by atoms with Crippen LogP contribution in [0, 0.1) is 128 Å². The normalized spacial score (nSPS) is 16.5. The Morgan fingerprint density at radius 3 is 0.708 bits per heavy atom. The van der Waals surface area contributed by atoms with Crippen LogP contribution in [-0.4, -0.2) is 12.6 Å². The minimum atomic E-state index is -5.24. The first-order chi connectivity index (χ1) is 33.8. The third-order valence-electron chi connectivity index (χ3n) is 14.4. The fraction of sp³-hybridized carbons (Fsp3) is 0.167. The van der Waals surface area contributed by atoms with Gasteiger partial charge in [-0.2, -0.15) is 0 Å². The van der Waals surface area contributed by atoms with E-state index in [4.69, 9.17) is 0 Å². The monoisotopic (exact) mass is 1030 g/mol. The summed E-state index contributed by atoms with van der Waals surface area (Å²) in [5.41, 5.74) is -13.0. The highest BCUT2D eigenvalue weighted by Gasteiger charge is 2.65. The molecule has 1 aromatic heterocycles. The van der Waals surface area contributed by atoms with Crippen LogP contribution in [0.5, 0.6) is 0 Å². The lowest BCUT2D eigenvalue weighted by Gasteiger charge is -2.51. The van der Waals surface area contributed by atoms with E-state index in [9.17, 15) is 0 Å². The predicted octanol–water partition coefficient (Wildman–Crippen LogP) is 10.2. The lowest BCUT2D eigenvalue weighted by molar-refractivity contribution is -0.591. The highest BCUT2D eigenvalue weighted by atomic mass is 19.2. The van der Waals surface area contributed by atoms with E-state index in [0.29, 0.717) is 21.3 Å². The highest BCUT2D eigenvalue weighted by Crippen LogP contribution is 2.47. The molecule has 0 amide bonds. The second-order valence-corrected chi connectivity index (χ2v) is 18.3. The van der Waals surface area contributed by atoms with Gasteiger partial charge in [-0.3, -0.25) is 0 Å². The Hall–Kier alpha value is -6.87. The zero-order valence-electron chi connectivity index (χ0n) is 36.7. The van der Waals surface area contributed by atoms with Gasteiger partial charge in [-0.15, -0.1) is 0 Å². The van der Waals surface area contributed by atoms with Crippen LogP contribution >= 0.6 is 0 Å². The Morgan fingerprint density at radius 2 is 0.500 bits per heavy atom. The van der Waals surface area contributed by atoms with E-state index in [-0.39, 0.29) is 0 Å². The first kappa shape index (κ1) is 50.1. The molecule has 7 aromatic rings. The minimum Gasteiger partial charge on any atom is -0.401 e. The molecule has 72 heavy (non-hydrogen) atoms. The Balaban J connectivity index is 1.68. The van der Waals surface area contributed by atoms with E-state index in [0.717, 1.165) is 76.2 Å². The SMILES string of the molecule is CC(C)[C@H]1c2ccccc2-c2c[n+]3c(c[n+]2[B-]1(c1c(F)c(F)c(F)c(F)c1F)c1c(F)c(F)c(F)c(F)c1F)-c1ccccc1[C@H](C(C)C)[B-]3(c1c(F)c(F)c(F)c(F)c1F)c1c(F)c(F)c(F)c(F)c1F. The van der Waals surface area contributed by atoms with Crippen molar-refractivity contribution < 1.29 is 96.8 Å². The van der Waals surface area contributed by atoms with Gasteiger partial charge in [0.05, 0.1) is 0 Å². The van der Waals surface area contributed by atoms with Crippen LogP contribution < -0.4 is 30.8 Å². The Bertz CT molecular complexity index is 3060. The third-order valence-corrected chi connectivity index (χ3v) is 14.4. The molecule has 2 nitrogen and oxygen atoms in total. The largest absolute Gasteiger partial charge is 0.401 e. The molecule has 2 aliphatic heterocycles. The molecule has 0 unspecified atom stereocenters. The van der Waals surface area contributed by atoms with Crippen molar-refractivity contribution in [2.24, 2.45) is 11.8 Å². The second kappa shape index (κ2) is 16.9. The molecule has 0 saturated carbocycles. The smallest absolute Gasteiger partial charge is 0.352 e. The van der Waals surface area contributed by atoms with Gasteiger partial charge < -0.3 is 8.96 Å². The van der Waals surface area contributed by atoms with E-state index in [1.165, 1.54) is 0 Å². The lowest BCUT2D eigenvalue weighted by Crippen LogP contribution is -2.89. The van der Waals surface area contributed by atoms with Gasteiger partial charge >= 0.3 is 12.6 Å². The van der Waals surface area contributed by atoms with Crippen molar-refractivity contribution in [3.63, 3.8) is 0 Å². The molecule has 0 N–H and O–H groups in total. The summed E-state index contributed by atoms with van der Waals surface area (Å²) in [5.74, 6) is -64.8. The molecule has 0 saturated heterocycles. The van der Waals surface area contributed by atoms with Crippen LogP contribution in [0.15, 0.2) is 60.9 Å². The first-order valence-electron chi connectivity index (χ1n) is 21.4. The van der Waals surface area contributed by atoms with Gasteiger partial charge in [0, 0.05) is 11.1 Å². The van der Waals surface area contributed by atoms with Crippen molar-refractivity contribution in [2.45, 2.75) is 39.3 Å². The van der Waals surface area contributed by atoms with E-state index < -0.39 is 208 Å². The van der Waals surface area contributed by atoms with E-state index >= 15 is 87.8 Å². The summed E-state index contributed by atoms with van der Waals surface area (Å²) in [5, 5.41) is 0. The van der Waals surface area contributed by atoms with Crippen molar-refractivity contribution in [2.75, 3.05) is 0 Å². The van der Waals surface area contributed by atoms with E-state index in [1.807, 2.05) is 0 Å². The molecule has 9 rings (SSSR count). The Morgan fingerprint density at radius 1 is 0.306 bits per heavy atom. The highest BCUT2D eigenvalue weighted by molar-refractivity contribution is 6.98. The second-order valence-electron chi connectivity index (χ2n) is 18.3. The van der Waals surface area contributed by atoms with Crippen molar-refractivity contribution in [3.05, 3.63) is 188 Å². The molecular weight excluding hydrogens is 1010 g/mol. The maximum absolute atomic E-state index is 17.0. The summed E-state index contributed by atoms with van der Waals surface area (Å²) >= 11 is 0. The molecule has 374 valence electrons. The van der Waals surface area contributed by atoms with E-state index in [2.05, 4.69) is 0 Å².